The fraction of sp³-hybridized carbons (Fsp3) is 0.188. The molecule has 1 unspecified atom stereocenters. The summed E-state index contributed by atoms with van der Waals surface area (Å²) in [6, 6.07) is 10.0. The van der Waals surface area contributed by atoms with Crippen molar-refractivity contribution >= 4 is 17.0 Å². The van der Waals surface area contributed by atoms with Gasteiger partial charge in [-0.15, -0.1) is 0 Å². The Morgan fingerprint density at radius 3 is 2.59 bits per heavy atom. The average Bonchev–Trinajstić information content (AvgIpc) is 2.89. The Kier molecular flexibility index (Phi) is 3.29. The Balaban J connectivity index is 2.39. The Bertz CT molecular complexity index is 910. The van der Waals surface area contributed by atoms with Crippen LogP contribution in [0.3, 0.4) is 0 Å². The van der Waals surface area contributed by atoms with E-state index in [0.29, 0.717) is 5.65 Å². The van der Waals surface area contributed by atoms with E-state index in [1.807, 2.05) is 30.3 Å². The summed E-state index contributed by atoms with van der Waals surface area (Å²) in [5, 5.41) is 14.2. The molecule has 0 aliphatic heterocycles. The number of hydrogen-bond acceptors (Lipinski definition) is 3. The number of aromatic nitrogens is 3. The molecule has 1 N–H and O–H groups in total. The van der Waals surface area contributed by atoms with Gasteiger partial charge in [-0.2, -0.15) is 5.10 Å². The molecule has 0 amide bonds. The summed E-state index contributed by atoms with van der Waals surface area (Å²) in [5.41, 5.74) is 1.79. The smallest absolute Gasteiger partial charge is 0.326 e. The zero-order chi connectivity index (χ0) is 15.9. The van der Waals surface area contributed by atoms with E-state index in [1.54, 1.807) is 13.2 Å². The molecule has 0 saturated carbocycles. The van der Waals surface area contributed by atoms with Gasteiger partial charge in [-0.05, 0) is 18.1 Å². The predicted molar refractivity (Wildman–Crippen MR) is 82.8 cm³/mol. The third-order valence-electron chi connectivity index (χ3n) is 3.76. The van der Waals surface area contributed by atoms with Gasteiger partial charge in [0.2, 0.25) is 0 Å². The van der Waals surface area contributed by atoms with Crippen LogP contribution in [0.1, 0.15) is 13.0 Å². The highest BCUT2D eigenvalue weighted by Crippen LogP contribution is 2.27. The summed E-state index contributed by atoms with van der Waals surface area (Å²) in [7, 11) is 1.70. The van der Waals surface area contributed by atoms with Gasteiger partial charge in [0.05, 0.1) is 6.20 Å². The van der Waals surface area contributed by atoms with Gasteiger partial charge in [0.25, 0.3) is 5.56 Å². The molecule has 0 aliphatic carbocycles. The van der Waals surface area contributed by atoms with Crippen molar-refractivity contribution in [1.82, 2.24) is 14.3 Å². The summed E-state index contributed by atoms with van der Waals surface area (Å²) in [5.74, 6) is -1.06. The van der Waals surface area contributed by atoms with Crippen molar-refractivity contribution in [3.63, 3.8) is 0 Å². The SMILES string of the molecule is CC(C(=O)O)n1c(=O)cc(-c2ccccc2)c2cnn(C)c21. The Labute approximate surface area is 126 Å². The fourth-order valence-corrected chi connectivity index (χ4v) is 2.62. The highest BCUT2D eigenvalue weighted by Gasteiger charge is 2.21. The third kappa shape index (κ3) is 2.09. The molecule has 2 heterocycles. The molecule has 0 bridgehead atoms. The van der Waals surface area contributed by atoms with Crippen LogP contribution in [0.25, 0.3) is 22.2 Å². The van der Waals surface area contributed by atoms with Crippen LogP contribution in [0.4, 0.5) is 0 Å². The first-order valence-electron chi connectivity index (χ1n) is 6.86. The maximum absolute atomic E-state index is 12.5. The van der Waals surface area contributed by atoms with E-state index in [2.05, 4.69) is 5.10 Å². The molecule has 6 heteroatoms. The number of pyridine rings is 1. The molecule has 1 atom stereocenters. The molecule has 0 radical (unpaired) electrons. The van der Waals surface area contributed by atoms with Gasteiger partial charge in [-0.1, -0.05) is 30.3 Å². The molecule has 0 aliphatic rings. The van der Waals surface area contributed by atoms with Crippen molar-refractivity contribution in [2.75, 3.05) is 0 Å². The first kappa shape index (κ1) is 14.1. The van der Waals surface area contributed by atoms with Crippen molar-refractivity contribution in [3.8, 4) is 11.1 Å². The molecule has 1 aromatic carbocycles. The van der Waals surface area contributed by atoms with E-state index in [4.69, 9.17) is 0 Å². The van der Waals surface area contributed by atoms with E-state index >= 15 is 0 Å². The molecular weight excluding hydrogens is 282 g/mol. The minimum atomic E-state index is -1.06. The number of carboxylic acids is 1. The number of aliphatic carboxylic acids is 1. The summed E-state index contributed by atoms with van der Waals surface area (Å²) < 4.78 is 2.79. The molecule has 0 fully saturated rings. The lowest BCUT2D eigenvalue weighted by Gasteiger charge is -2.15. The van der Waals surface area contributed by atoms with E-state index in [0.717, 1.165) is 16.5 Å². The number of benzene rings is 1. The van der Waals surface area contributed by atoms with Crippen LogP contribution < -0.4 is 5.56 Å². The highest BCUT2D eigenvalue weighted by molar-refractivity contribution is 5.93. The first-order chi connectivity index (χ1) is 10.5. The van der Waals surface area contributed by atoms with Crippen LogP contribution in [0.15, 0.2) is 47.4 Å². The van der Waals surface area contributed by atoms with Crippen molar-refractivity contribution in [2.24, 2.45) is 7.05 Å². The second kappa shape index (κ2) is 5.14. The van der Waals surface area contributed by atoms with Crippen molar-refractivity contribution in [2.45, 2.75) is 13.0 Å². The van der Waals surface area contributed by atoms with E-state index in [-0.39, 0.29) is 5.56 Å². The largest absolute Gasteiger partial charge is 0.480 e. The van der Waals surface area contributed by atoms with Crippen LogP contribution in [0.5, 0.6) is 0 Å². The van der Waals surface area contributed by atoms with E-state index < -0.39 is 12.0 Å². The molecule has 22 heavy (non-hydrogen) atoms. The second-order valence-corrected chi connectivity index (χ2v) is 5.15. The normalized spacial score (nSPS) is 12.5. The molecule has 6 nitrogen and oxygen atoms in total. The second-order valence-electron chi connectivity index (χ2n) is 5.15. The topological polar surface area (TPSA) is 77.1 Å². The summed E-state index contributed by atoms with van der Waals surface area (Å²) >= 11 is 0. The standard InChI is InChI=1S/C16H15N3O3/c1-10(16(21)22)19-14(20)8-12(11-6-4-3-5-7-11)13-9-17-18(2)15(13)19/h3-10H,1-2H3,(H,21,22). The molecule has 0 spiro atoms. The minimum Gasteiger partial charge on any atom is -0.480 e. The number of carbonyl (C=O) groups is 1. The first-order valence-corrected chi connectivity index (χ1v) is 6.86. The number of rotatable bonds is 3. The summed E-state index contributed by atoms with van der Waals surface area (Å²) in [6.45, 7) is 1.48. The van der Waals surface area contributed by atoms with Crippen molar-refractivity contribution < 1.29 is 9.90 Å². The van der Waals surface area contributed by atoms with Gasteiger partial charge in [-0.3, -0.25) is 14.0 Å². The highest BCUT2D eigenvalue weighted by atomic mass is 16.4. The van der Waals surface area contributed by atoms with Crippen LogP contribution in [0, 0.1) is 0 Å². The average molecular weight is 297 g/mol. The van der Waals surface area contributed by atoms with Gasteiger partial charge < -0.3 is 5.11 Å². The Morgan fingerprint density at radius 2 is 1.95 bits per heavy atom. The van der Waals surface area contributed by atoms with Crippen LogP contribution in [-0.2, 0) is 11.8 Å². The van der Waals surface area contributed by atoms with E-state index in [1.165, 1.54) is 22.2 Å². The van der Waals surface area contributed by atoms with Crippen molar-refractivity contribution in [3.05, 3.63) is 52.9 Å². The molecule has 112 valence electrons. The molecule has 3 aromatic rings. The number of hydrogen-bond donors (Lipinski definition) is 1. The zero-order valence-corrected chi connectivity index (χ0v) is 12.2. The van der Waals surface area contributed by atoms with Crippen LogP contribution >= 0.6 is 0 Å². The Hall–Kier alpha value is -2.89. The quantitative estimate of drug-likeness (QED) is 0.802. The van der Waals surface area contributed by atoms with E-state index in [9.17, 15) is 14.7 Å². The van der Waals surface area contributed by atoms with Gasteiger partial charge in [-0.25, -0.2) is 4.79 Å². The van der Waals surface area contributed by atoms with Gasteiger partial charge in [0.15, 0.2) is 0 Å². The number of carboxylic acid groups (broad SMARTS) is 1. The number of nitrogens with zero attached hydrogens (tertiary/aromatic N) is 3. The van der Waals surface area contributed by atoms with Gasteiger partial charge >= 0.3 is 5.97 Å². The monoisotopic (exact) mass is 297 g/mol. The molecule has 3 rings (SSSR count). The number of fused-ring (bicyclic) bond motifs is 1. The minimum absolute atomic E-state index is 0.357. The maximum atomic E-state index is 12.5. The fourth-order valence-electron chi connectivity index (χ4n) is 2.62. The molecule has 0 saturated heterocycles. The Morgan fingerprint density at radius 1 is 1.27 bits per heavy atom. The van der Waals surface area contributed by atoms with Crippen molar-refractivity contribution in [1.29, 1.82) is 0 Å². The van der Waals surface area contributed by atoms with Crippen LogP contribution in [0.2, 0.25) is 0 Å². The summed E-state index contributed by atoms with van der Waals surface area (Å²) in [4.78, 5) is 23.8. The molecular formula is C16H15N3O3. The zero-order valence-electron chi connectivity index (χ0n) is 12.2. The lowest BCUT2D eigenvalue weighted by molar-refractivity contribution is -0.140. The maximum Gasteiger partial charge on any atom is 0.326 e. The lowest BCUT2D eigenvalue weighted by atomic mass is 10.0. The van der Waals surface area contributed by atoms with Gasteiger partial charge in [0.1, 0.15) is 11.7 Å². The lowest BCUT2D eigenvalue weighted by Crippen LogP contribution is -2.29. The number of aryl methyl sites for hydroxylation is 1. The molecule has 2 aromatic heterocycles. The van der Waals surface area contributed by atoms with Gasteiger partial charge in [0, 0.05) is 18.5 Å². The third-order valence-corrected chi connectivity index (χ3v) is 3.76. The van der Waals surface area contributed by atoms with Crippen LogP contribution in [-0.4, -0.2) is 25.4 Å². The summed E-state index contributed by atoms with van der Waals surface area (Å²) in [6.07, 6.45) is 1.65. The predicted octanol–water partition coefficient (Wildman–Crippen LogP) is 2.05.